The zero-order valence-corrected chi connectivity index (χ0v) is 15.5. The first-order chi connectivity index (χ1) is 11.9. The van der Waals surface area contributed by atoms with Crippen LogP contribution in [0.5, 0.6) is 0 Å². The molecule has 1 aromatic carbocycles. The number of piperidine rings is 1. The predicted octanol–water partition coefficient (Wildman–Crippen LogP) is 3.50. The van der Waals surface area contributed by atoms with E-state index in [4.69, 9.17) is 21.8 Å². The van der Waals surface area contributed by atoms with Crippen molar-refractivity contribution in [2.75, 3.05) is 13.1 Å². The number of hydrogen-bond acceptors (Lipinski definition) is 3. The number of carboxylic acid groups (broad SMARTS) is 1. The Morgan fingerprint density at radius 3 is 2.44 bits per heavy atom. The minimum atomic E-state index is -0.664. The lowest BCUT2D eigenvalue weighted by Crippen LogP contribution is -2.36. The Kier molecular flexibility index (Phi) is 5.45. The van der Waals surface area contributed by atoms with Crippen molar-refractivity contribution in [3.63, 3.8) is 0 Å². The molecule has 134 valence electrons. The van der Waals surface area contributed by atoms with Crippen LogP contribution in [0, 0.1) is 19.8 Å². The first-order valence-corrected chi connectivity index (χ1v) is 9.04. The van der Waals surface area contributed by atoms with Crippen LogP contribution in [0.2, 0.25) is 5.02 Å². The molecule has 1 saturated heterocycles. The largest absolute Gasteiger partial charge is 0.481 e. The molecule has 0 bridgehead atoms. The Morgan fingerprint density at radius 1 is 1.20 bits per heavy atom. The highest BCUT2D eigenvalue weighted by Gasteiger charge is 2.25. The fourth-order valence-corrected chi connectivity index (χ4v) is 3.57. The van der Waals surface area contributed by atoms with Gasteiger partial charge in [-0.25, -0.2) is 0 Å². The number of hydrogen-bond donors (Lipinski definition) is 1. The number of carboxylic acids is 1. The molecule has 1 aliphatic heterocycles. The van der Waals surface area contributed by atoms with Gasteiger partial charge < -0.3 is 5.11 Å². The van der Waals surface area contributed by atoms with Crippen LogP contribution in [0.1, 0.15) is 35.4 Å². The maximum absolute atomic E-state index is 11.1. The van der Waals surface area contributed by atoms with Gasteiger partial charge in [0.05, 0.1) is 18.2 Å². The first-order valence-electron chi connectivity index (χ1n) is 8.66. The van der Waals surface area contributed by atoms with Crippen molar-refractivity contribution >= 4 is 17.6 Å². The Labute approximate surface area is 153 Å². The van der Waals surface area contributed by atoms with Crippen molar-refractivity contribution in [3.05, 3.63) is 51.8 Å². The lowest BCUT2D eigenvalue weighted by molar-refractivity contribution is -0.143. The monoisotopic (exact) mass is 361 g/mol. The van der Waals surface area contributed by atoms with Gasteiger partial charge in [0, 0.05) is 22.8 Å². The summed E-state index contributed by atoms with van der Waals surface area (Å²) in [4.78, 5) is 13.4. The molecule has 0 radical (unpaired) electrons. The third-order valence-electron chi connectivity index (χ3n) is 5.10. The quantitative estimate of drug-likeness (QED) is 0.885. The molecule has 25 heavy (non-hydrogen) atoms. The topological polar surface area (TPSA) is 58.4 Å². The third kappa shape index (κ3) is 4.22. The van der Waals surface area contributed by atoms with Crippen LogP contribution in [-0.4, -0.2) is 38.8 Å². The number of nitrogens with zero attached hydrogens (tertiary/aromatic N) is 3. The molecule has 1 aliphatic rings. The van der Waals surface area contributed by atoms with Crippen LogP contribution in [0.15, 0.2) is 24.3 Å². The van der Waals surface area contributed by atoms with E-state index in [2.05, 4.69) is 11.8 Å². The van der Waals surface area contributed by atoms with Crippen LogP contribution in [0.3, 0.4) is 0 Å². The second-order valence-electron chi connectivity index (χ2n) is 6.82. The van der Waals surface area contributed by atoms with E-state index >= 15 is 0 Å². The van der Waals surface area contributed by atoms with Crippen molar-refractivity contribution in [3.8, 4) is 0 Å². The van der Waals surface area contributed by atoms with E-state index in [-0.39, 0.29) is 5.92 Å². The second-order valence-corrected chi connectivity index (χ2v) is 7.26. The molecule has 2 heterocycles. The highest BCUT2D eigenvalue weighted by molar-refractivity contribution is 6.30. The molecule has 0 aliphatic carbocycles. The normalized spacial score (nSPS) is 16.3. The molecular formula is C19H24ClN3O2. The second kappa shape index (κ2) is 7.58. The van der Waals surface area contributed by atoms with Gasteiger partial charge in [0.25, 0.3) is 0 Å². The van der Waals surface area contributed by atoms with Crippen molar-refractivity contribution in [1.82, 2.24) is 14.7 Å². The van der Waals surface area contributed by atoms with E-state index in [0.717, 1.165) is 49.7 Å². The number of aromatic nitrogens is 2. The molecule has 1 N–H and O–H groups in total. The number of aryl methyl sites for hydroxylation is 1. The van der Waals surface area contributed by atoms with Gasteiger partial charge in [0.2, 0.25) is 0 Å². The van der Waals surface area contributed by atoms with Crippen molar-refractivity contribution in [2.45, 2.75) is 39.8 Å². The van der Waals surface area contributed by atoms with E-state index < -0.39 is 5.97 Å². The lowest BCUT2D eigenvalue weighted by atomic mass is 9.96. The molecule has 1 aromatic heterocycles. The van der Waals surface area contributed by atoms with Crippen molar-refractivity contribution < 1.29 is 9.90 Å². The van der Waals surface area contributed by atoms with Crippen LogP contribution in [0.25, 0.3) is 0 Å². The van der Waals surface area contributed by atoms with Gasteiger partial charge in [-0.3, -0.25) is 14.4 Å². The Bertz CT molecular complexity index is 747. The summed E-state index contributed by atoms with van der Waals surface area (Å²) in [5.41, 5.74) is 4.64. The van der Waals surface area contributed by atoms with E-state index in [1.165, 1.54) is 16.8 Å². The Balaban J connectivity index is 1.68. The number of halogens is 1. The van der Waals surface area contributed by atoms with E-state index in [1.54, 1.807) is 0 Å². The number of rotatable bonds is 5. The minimum Gasteiger partial charge on any atom is -0.481 e. The molecule has 0 atom stereocenters. The van der Waals surface area contributed by atoms with Crippen molar-refractivity contribution in [1.29, 1.82) is 0 Å². The third-order valence-corrected chi connectivity index (χ3v) is 5.35. The van der Waals surface area contributed by atoms with E-state index in [0.29, 0.717) is 0 Å². The van der Waals surface area contributed by atoms with Crippen molar-refractivity contribution in [2.24, 2.45) is 5.92 Å². The van der Waals surface area contributed by atoms with Gasteiger partial charge in [0.15, 0.2) is 0 Å². The highest BCUT2D eigenvalue weighted by Crippen LogP contribution is 2.22. The summed E-state index contributed by atoms with van der Waals surface area (Å²) in [7, 11) is 0. The van der Waals surface area contributed by atoms with Crippen LogP contribution in [0.4, 0.5) is 0 Å². The predicted molar refractivity (Wildman–Crippen MR) is 97.9 cm³/mol. The minimum absolute atomic E-state index is 0.189. The number of aliphatic carboxylic acids is 1. The van der Waals surface area contributed by atoms with Gasteiger partial charge in [-0.15, -0.1) is 0 Å². The van der Waals surface area contributed by atoms with Crippen LogP contribution >= 0.6 is 11.6 Å². The molecular weight excluding hydrogens is 338 g/mol. The van der Waals surface area contributed by atoms with E-state index in [1.807, 2.05) is 35.9 Å². The fraction of sp³-hybridized carbons (Fsp3) is 0.474. The molecule has 3 rings (SSSR count). The maximum Gasteiger partial charge on any atom is 0.306 e. The zero-order valence-electron chi connectivity index (χ0n) is 14.7. The van der Waals surface area contributed by atoms with Crippen LogP contribution in [-0.2, 0) is 17.9 Å². The summed E-state index contributed by atoms with van der Waals surface area (Å²) in [5.74, 6) is -0.853. The molecule has 1 fully saturated rings. The molecule has 5 nitrogen and oxygen atoms in total. The maximum atomic E-state index is 11.1. The first kappa shape index (κ1) is 18.0. The molecule has 0 spiro atoms. The molecule has 0 saturated carbocycles. The van der Waals surface area contributed by atoms with E-state index in [9.17, 15) is 4.79 Å². The highest BCUT2D eigenvalue weighted by atomic mass is 35.5. The Hall–Kier alpha value is -1.85. The summed E-state index contributed by atoms with van der Waals surface area (Å²) >= 11 is 5.95. The molecule has 2 aromatic rings. The number of carbonyl (C=O) groups is 1. The average Bonchev–Trinajstić information content (AvgIpc) is 2.85. The molecule has 0 amide bonds. The standard InChI is InChI=1S/C19H24ClN3O2/c1-13-18(12-22-9-7-16(8-10-22)19(24)25)14(2)23(21-13)11-15-3-5-17(20)6-4-15/h3-6,16H,7-12H2,1-2H3,(H,24,25). The smallest absolute Gasteiger partial charge is 0.306 e. The van der Waals surface area contributed by atoms with Gasteiger partial charge in [-0.05, 0) is 57.5 Å². The summed E-state index contributed by atoms with van der Waals surface area (Å²) in [6.07, 6.45) is 1.46. The summed E-state index contributed by atoms with van der Waals surface area (Å²) in [6, 6.07) is 7.84. The SMILES string of the molecule is Cc1nn(Cc2ccc(Cl)cc2)c(C)c1CN1CCC(C(=O)O)CC1. The number of benzene rings is 1. The summed E-state index contributed by atoms with van der Waals surface area (Å²) < 4.78 is 2.04. The molecule has 6 heteroatoms. The zero-order chi connectivity index (χ0) is 18.0. The fourth-order valence-electron chi connectivity index (χ4n) is 3.44. The van der Waals surface area contributed by atoms with Gasteiger partial charge in [0.1, 0.15) is 0 Å². The van der Waals surface area contributed by atoms with Gasteiger partial charge in [-0.1, -0.05) is 23.7 Å². The summed E-state index contributed by atoms with van der Waals surface area (Å²) in [5, 5.41) is 14.6. The average molecular weight is 362 g/mol. The van der Waals surface area contributed by atoms with Gasteiger partial charge in [-0.2, -0.15) is 5.10 Å². The Morgan fingerprint density at radius 2 is 1.84 bits per heavy atom. The van der Waals surface area contributed by atoms with Crippen LogP contribution < -0.4 is 0 Å². The lowest BCUT2D eigenvalue weighted by Gasteiger charge is -2.30. The molecule has 0 unspecified atom stereocenters. The van der Waals surface area contributed by atoms with Gasteiger partial charge >= 0.3 is 5.97 Å². The summed E-state index contributed by atoms with van der Waals surface area (Å²) in [6.45, 7) is 7.38. The number of likely N-dealkylation sites (tertiary alicyclic amines) is 1.